The molecule has 1 aliphatic heterocycles. The number of carbonyl (C=O) groups excluding carboxylic acids is 4. The maximum atomic E-state index is 11.8. The maximum absolute atomic E-state index is 11.8. The number of benzene rings is 1. The highest BCUT2D eigenvalue weighted by molar-refractivity contribution is 5.68. The number of ether oxygens (including phenoxy) is 6. The summed E-state index contributed by atoms with van der Waals surface area (Å²) < 4.78 is 32.7. The van der Waals surface area contributed by atoms with E-state index in [2.05, 4.69) is 0 Å². The second-order valence-corrected chi connectivity index (χ2v) is 7.00. The zero-order valence-electron chi connectivity index (χ0n) is 18.0. The molecular formula is C21H26O10. The normalized spacial score (nSPS) is 25.1. The molecule has 0 amide bonds. The van der Waals surface area contributed by atoms with E-state index in [1.165, 1.54) is 13.8 Å². The van der Waals surface area contributed by atoms with Gasteiger partial charge < -0.3 is 28.4 Å². The van der Waals surface area contributed by atoms with Crippen molar-refractivity contribution in [3.05, 3.63) is 29.8 Å². The van der Waals surface area contributed by atoms with Crippen LogP contribution in [0.3, 0.4) is 0 Å². The van der Waals surface area contributed by atoms with Gasteiger partial charge in [-0.3, -0.25) is 19.2 Å². The zero-order valence-corrected chi connectivity index (χ0v) is 18.0. The maximum Gasteiger partial charge on any atom is 0.303 e. The van der Waals surface area contributed by atoms with Gasteiger partial charge in [-0.1, -0.05) is 17.7 Å². The smallest absolute Gasteiger partial charge is 0.303 e. The molecule has 1 aromatic rings. The van der Waals surface area contributed by atoms with Gasteiger partial charge in [-0.2, -0.15) is 0 Å². The number of esters is 4. The Morgan fingerprint density at radius 1 is 0.774 bits per heavy atom. The lowest BCUT2D eigenvalue weighted by Crippen LogP contribution is -2.63. The molecule has 10 nitrogen and oxygen atoms in total. The van der Waals surface area contributed by atoms with E-state index in [-0.39, 0.29) is 6.61 Å². The van der Waals surface area contributed by atoms with Crippen LogP contribution >= 0.6 is 0 Å². The molecule has 1 heterocycles. The van der Waals surface area contributed by atoms with Crippen molar-refractivity contribution >= 4 is 23.9 Å². The third-order valence-corrected chi connectivity index (χ3v) is 4.22. The molecule has 0 unspecified atom stereocenters. The minimum absolute atomic E-state index is 0.314. The van der Waals surface area contributed by atoms with E-state index < -0.39 is 54.6 Å². The molecule has 1 fully saturated rings. The molecule has 2 rings (SSSR count). The Hall–Kier alpha value is -3.14. The number of carbonyl (C=O) groups is 4. The van der Waals surface area contributed by atoms with E-state index in [0.29, 0.717) is 5.75 Å². The van der Waals surface area contributed by atoms with Gasteiger partial charge >= 0.3 is 23.9 Å². The Kier molecular flexibility index (Phi) is 8.38. The molecule has 0 saturated carbocycles. The van der Waals surface area contributed by atoms with E-state index in [1.807, 2.05) is 6.92 Å². The number of rotatable bonds is 7. The summed E-state index contributed by atoms with van der Waals surface area (Å²) in [5, 5.41) is 0. The standard InChI is InChI=1S/C21H26O10/c1-11-6-8-16(9-7-11)30-21-20(29-15(5)25)19(28-14(4)24)18(27-13(3)23)17(31-21)10-26-12(2)22/h6-9,17-21H,10H2,1-5H3/t17-,18-,19+,20-,21-/m1/s1. The molecule has 1 aromatic carbocycles. The highest BCUT2D eigenvalue weighted by atomic mass is 16.7. The summed E-state index contributed by atoms with van der Waals surface area (Å²) in [5.74, 6) is -2.29. The molecule has 1 saturated heterocycles. The Morgan fingerprint density at radius 2 is 1.29 bits per heavy atom. The molecule has 0 aliphatic carbocycles. The Bertz CT molecular complexity index is 803. The Labute approximate surface area is 179 Å². The lowest BCUT2D eigenvalue weighted by atomic mass is 9.98. The lowest BCUT2D eigenvalue weighted by Gasteiger charge is -2.43. The average molecular weight is 438 g/mol. The highest BCUT2D eigenvalue weighted by Gasteiger charge is 2.53. The first kappa shape index (κ1) is 24.1. The average Bonchev–Trinajstić information content (AvgIpc) is 2.65. The summed E-state index contributed by atoms with van der Waals surface area (Å²) >= 11 is 0. The third kappa shape index (κ3) is 7.25. The topological polar surface area (TPSA) is 124 Å². The second-order valence-electron chi connectivity index (χ2n) is 7.00. The molecule has 5 atom stereocenters. The predicted octanol–water partition coefficient (Wildman–Crippen LogP) is 1.46. The van der Waals surface area contributed by atoms with Crippen LogP contribution in [0.15, 0.2) is 24.3 Å². The molecule has 0 radical (unpaired) electrons. The molecule has 170 valence electrons. The van der Waals surface area contributed by atoms with Crippen molar-refractivity contribution in [2.24, 2.45) is 0 Å². The van der Waals surface area contributed by atoms with Crippen molar-refractivity contribution in [3.63, 3.8) is 0 Å². The van der Waals surface area contributed by atoms with E-state index in [9.17, 15) is 19.2 Å². The lowest BCUT2D eigenvalue weighted by molar-refractivity contribution is -0.288. The van der Waals surface area contributed by atoms with Crippen LogP contribution in [0.2, 0.25) is 0 Å². The first-order chi connectivity index (χ1) is 14.6. The molecule has 0 bridgehead atoms. The Morgan fingerprint density at radius 3 is 1.81 bits per heavy atom. The van der Waals surface area contributed by atoms with Crippen molar-refractivity contribution < 1.29 is 47.6 Å². The van der Waals surface area contributed by atoms with Crippen LogP contribution in [0.25, 0.3) is 0 Å². The zero-order chi connectivity index (χ0) is 23.1. The van der Waals surface area contributed by atoms with Gasteiger partial charge in [-0.05, 0) is 19.1 Å². The molecule has 31 heavy (non-hydrogen) atoms. The van der Waals surface area contributed by atoms with Crippen LogP contribution in [0, 0.1) is 6.92 Å². The first-order valence-electron chi connectivity index (χ1n) is 9.60. The van der Waals surface area contributed by atoms with Crippen molar-refractivity contribution in [2.75, 3.05) is 6.61 Å². The molecule has 0 aromatic heterocycles. The highest BCUT2D eigenvalue weighted by Crippen LogP contribution is 2.31. The summed E-state index contributed by atoms with van der Waals surface area (Å²) in [6.07, 6.45) is -6.05. The fraction of sp³-hybridized carbons (Fsp3) is 0.524. The van der Waals surface area contributed by atoms with Crippen LogP contribution in [-0.4, -0.2) is 61.2 Å². The third-order valence-electron chi connectivity index (χ3n) is 4.22. The van der Waals surface area contributed by atoms with Gasteiger partial charge in [0.1, 0.15) is 18.5 Å². The largest absolute Gasteiger partial charge is 0.463 e. The monoisotopic (exact) mass is 438 g/mol. The molecule has 10 heteroatoms. The van der Waals surface area contributed by atoms with Gasteiger partial charge in [0, 0.05) is 27.7 Å². The fourth-order valence-corrected chi connectivity index (χ4v) is 3.03. The van der Waals surface area contributed by atoms with Gasteiger partial charge in [0.2, 0.25) is 12.4 Å². The molecule has 1 aliphatic rings. The Balaban J connectivity index is 2.43. The van der Waals surface area contributed by atoms with Gasteiger partial charge in [-0.15, -0.1) is 0 Å². The van der Waals surface area contributed by atoms with Crippen LogP contribution in [0.1, 0.15) is 33.3 Å². The van der Waals surface area contributed by atoms with E-state index >= 15 is 0 Å². The van der Waals surface area contributed by atoms with Crippen molar-refractivity contribution in [3.8, 4) is 5.75 Å². The summed E-state index contributed by atoms with van der Waals surface area (Å²) in [7, 11) is 0. The van der Waals surface area contributed by atoms with E-state index in [0.717, 1.165) is 19.4 Å². The quantitative estimate of drug-likeness (QED) is 0.456. The van der Waals surface area contributed by atoms with Crippen molar-refractivity contribution in [1.29, 1.82) is 0 Å². The minimum Gasteiger partial charge on any atom is -0.463 e. The SMILES string of the molecule is CC(=O)OC[C@H]1O[C@@H](Oc2ccc(C)cc2)[C@H](OC(C)=O)[C@@H](OC(C)=O)[C@@H]1OC(C)=O. The van der Waals surface area contributed by atoms with Gasteiger partial charge in [0.15, 0.2) is 12.2 Å². The second kappa shape index (κ2) is 10.8. The van der Waals surface area contributed by atoms with Crippen LogP contribution in [0.5, 0.6) is 5.75 Å². The summed E-state index contributed by atoms with van der Waals surface area (Å²) in [4.78, 5) is 46.6. The van der Waals surface area contributed by atoms with Crippen LogP contribution in [0.4, 0.5) is 0 Å². The summed E-state index contributed by atoms with van der Waals surface area (Å²) in [6.45, 7) is 6.27. The van der Waals surface area contributed by atoms with Gasteiger partial charge in [0.05, 0.1) is 0 Å². The van der Waals surface area contributed by atoms with Crippen LogP contribution in [-0.2, 0) is 42.9 Å². The van der Waals surface area contributed by atoms with E-state index in [4.69, 9.17) is 28.4 Å². The van der Waals surface area contributed by atoms with Gasteiger partial charge in [0.25, 0.3) is 0 Å². The predicted molar refractivity (Wildman–Crippen MR) is 104 cm³/mol. The van der Waals surface area contributed by atoms with E-state index in [1.54, 1.807) is 24.3 Å². The van der Waals surface area contributed by atoms with Gasteiger partial charge in [-0.25, -0.2) is 0 Å². The molecular weight excluding hydrogens is 412 g/mol. The number of aryl methyl sites for hydroxylation is 1. The minimum atomic E-state index is -1.27. The number of hydrogen-bond donors (Lipinski definition) is 0. The van der Waals surface area contributed by atoms with Crippen molar-refractivity contribution in [2.45, 2.75) is 65.3 Å². The van der Waals surface area contributed by atoms with Crippen molar-refractivity contribution in [1.82, 2.24) is 0 Å². The molecule has 0 spiro atoms. The summed E-state index contributed by atoms with van der Waals surface area (Å²) in [6, 6.07) is 6.98. The van der Waals surface area contributed by atoms with Crippen LogP contribution < -0.4 is 4.74 Å². The summed E-state index contributed by atoms with van der Waals surface area (Å²) in [5.41, 5.74) is 0.994. The number of hydrogen-bond acceptors (Lipinski definition) is 10. The molecule has 0 N–H and O–H groups in total. The first-order valence-corrected chi connectivity index (χ1v) is 9.60. The fourth-order valence-electron chi connectivity index (χ4n) is 3.03.